The number of nitrogens with zero attached hydrogens (tertiary/aromatic N) is 1. The maximum absolute atomic E-state index is 12.6. The van der Waals surface area contributed by atoms with Gasteiger partial charge in [-0.05, 0) is 49.7 Å². The number of benzene rings is 2. The van der Waals surface area contributed by atoms with E-state index < -0.39 is 0 Å². The number of amides is 1. The molecule has 0 aromatic heterocycles. The Balaban J connectivity index is 2.09. The normalized spacial score (nSPS) is 12.6. The maximum Gasteiger partial charge on any atom is 0.282 e. The van der Waals surface area contributed by atoms with Crippen molar-refractivity contribution in [2.24, 2.45) is 0 Å². The molecule has 0 spiro atoms. The van der Waals surface area contributed by atoms with Crippen molar-refractivity contribution < 1.29 is 19.2 Å². The van der Waals surface area contributed by atoms with Crippen molar-refractivity contribution in [3.8, 4) is 17.6 Å². The lowest BCUT2D eigenvalue weighted by Gasteiger charge is -2.22. The summed E-state index contributed by atoms with van der Waals surface area (Å²) in [6.45, 7) is 4.57. The number of quaternary nitrogens is 1. The smallest absolute Gasteiger partial charge is 0.282 e. The van der Waals surface area contributed by atoms with Gasteiger partial charge in [-0.3, -0.25) is 4.79 Å². The van der Waals surface area contributed by atoms with Crippen LogP contribution in [0.15, 0.2) is 36.4 Å². The van der Waals surface area contributed by atoms with Crippen LogP contribution in [0.3, 0.4) is 0 Å². The van der Waals surface area contributed by atoms with E-state index in [0.717, 1.165) is 16.0 Å². The molecule has 0 saturated carbocycles. The zero-order valence-corrected chi connectivity index (χ0v) is 16.4. The van der Waals surface area contributed by atoms with Gasteiger partial charge in [0.15, 0.2) is 17.5 Å². The topological polar surface area (TPSA) is 75.8 Å². The molecule has 0 aliphatic rings. The van der Waals surface area contributed by atoms with Gasteiger partial charge in [0.1, 0.15) is 6.54 Å². The van der Waals surface area contributed by atoms with E-state index in [0.29, 0.717) is 29.3 Å². The molecular weight excluding hydrogens is 342 g/mol. The summed E-state index contributed by atoms with van der Waals surface area (Å²) in [5.74, 6) is 1.27. The molecule has 2 aromatic carbocycles. The first-order valence-electron chi connectivity index (χ1n) is 8.74. The van der Waals surface area contributed by atoms with Gasteiger partial charge in [0.25, 0.3) is 5.91 Å². The Morgan fingerprint density at radius 1 is 1.22 bits per heavy atom. The minimum atomic E-state index is -0.275. The monoisotopic (exact) mass is 368 g/mol. The quantitative estimate of drug-likeness (QED) is 0.783. The summed E-state index contributed by atoms with van der Waals surface area (Å²) in [4.78, 5) is 13.6. The highest BCUT2D eigenvalue weighted by atomic mass is 16.5. The zero-order valence-electron chi connectivity index (χ0n) is 16.4. The molecule has 1 amide bonds. The van der Waals surface area contributed by atoms with Gasteiger partial charge >= 0.3 is 0 Å². The SMILES string of the molecule is COc1cc(C)c(C[NH+](C)[C@@H](C)C(=O)Nc2cccc(C#N)c2)cc1OC. The van der Waals surface area contributed by atoms with Crippen LogP contribution in [-0.4, -0.2) is 33.2 Å². The first-order chi connectivity index (χ1) is 12.9. The van der Waals surface area contributed by atoms with Gasteiger partial charge in [-0.2, -0.15) is 5.26 Å². The number of nitrogens with one attached hydrogen (secondary N) is 2. The molecule has 2 rings (SSSR count). The molecule has 6 nitrogen and oxygen atoms in total. The van der Waals surface area contributed by atoms with Crippen LogP contribution in [0.25, 0.3) is 0 Å². The van der Waals surface area contributed by atoms with E-state index in [1.54, 1.807) is 38.5 Å². The Morgan fingerprint density at radius 2 is 1.89 bits per heavy atom. The van der Waals surface area contributed by atoms with Gasteiger partial charge in [0, 0.05) is 11.3 Å². The Morgan fingerprint density at radius 3 is 2.52 bits per heavy atom. The number of carbonyl (C=O) groups excluding carboxylic acids is 1. The molecule has 27 heavy (non-hydrogen) atoms. The molecule has 6 heteroatoms. The maximum atomic E-state index is 12.6. The summed E-state index contributed by atoms with van der Waals surface area (Å²) in [6, 6.07) is 12.6. The fraction of sp³-hybridized carbons (Fsp3) is 0.333. The highest BCUT2D eigenvalue weighted by molar-refractivity contribution is 5.93. The highest BCUT2D eigenvalue weighted by Gasteiger charge is 2.23. The highest BCUT2D eigenvalue weighted by Crippen LogP contribution is 2.29. The zero-order chi connectivity index (χ0) is 20.0. The van der Waals surface area contributed by atoms with Crippen molar-refractivity contribution in [3.05, 3.63) is 53.1 Å². The second kappa shape index (κ2) is 9.06. The third-order valence-corrected chi connectivity index (χ3v) is 4.70. The molecule has 0 saturated heterocycles. The third kappa shape index (κ3) is 4.99. The molecule has 0 aliphatic carbocycles. The van der Waals surface area contributed by atoms with E-state index in [2.05, 4.69) is 11.4 Å². The fourth-order valence-corrected chi connectivity index (χ4v) is 2.81. The van der Waals surface area contributed by atoms with Gasteiger partial charge in [-0.1, -0.05) is 6.07 Å². The Labute approximate surface area is 160 Å². The number of hydrogen-bond donors (Lipinski definition) is 2. The van der Waals surface area contributed by atoms with E-state index >= 15 is 0 Å². The molecule has 2 aromatic rings. The molecule has 2 atom stereocenters. The largest absolute Gasteiger partial charge is 0.493 e. The Kier molecular flexibility index (Phi) is 6.80. The van der Waals surface area contributed by atoms with Crippen LogP contribution in [0.4, 0.5) is 5.69 Å². The minimum absolute atomic E-state index is 0.0966. The molecule has 142 valence electrons. The lowest BCUT2D eigenvalue weighted by molar-refractivity contribution is -0.907. The number of methoxy groups -OCH3 is 2. The van der Waals surface area contributed by atoms with Crippen LogP contribution in [-0.2, 0) is 11.3 Å². The first-order valence-corrected chi connectivity index (χ1v) is 8.74. The van der Waals surface area contributed by atoms with E-state index in [4.69, 9.17) is 14.7 Å². The fourth-order valence-electron chi connectivity index (χ4n) is 2.81. The number of rotatable bonds is 7. The molecular formula is C21H26N3O3+. The second-order valence-electron chi connectivity index (χ2n) is 6.56. The Hall–Kier alpha value is -3.04. The molecule has 0 heterocycles. The lowest BCUT2D eigenvalue weighted by Crippen LogP contribution is -3.12. The van der Waals surface area contributed by atoms with Crippen molar-refractivity contribution in [2.75, 3.05) is 26.6 Å². The number of likely N-dealkylation sites (N-methyl/N-ethyl adjacent to an activating group) is 1. The summed E-state index contributed by atoms with van der Waals surface area (Å²) in [5, 5.41) is 11.9. The molecule has 2 N–H and O–H groups in total. The van der Waals surface area contributed by atoms with Gasteiger partial charge < -0.3 is 19.7 Å². The average molecular weight is 368 g/mol. The van der Waals surface area contributed by atoms with E-state index in [1.807, 2.05) is 33.0 Å². The predicted molar refractivity (Wildman–Crippen MR) is 104 cm³/mol. The number of carbonyl (C=O) groups is 1. The van der Waals surface area contributed by atoms with Crippen molar-refractivity contribution in [1.82, 2.24) is 0 Å². The average Bonchev–Trinajstić information content (AvgIpc) is 2.68. The van der Waals surface area contributed by atoms with Gasteiger partial charge in [0.2, 0.25) is 0 Å². The minimum Gasteiger partial charge on any atom is -0.493 e. The van der Waals surface area contributed by atoms with Crippen molar-refractivity contribution in [2.45, 2.75) is 26.4 Å². The van der Waals surface area contributed by atoms with E-state index in [-0.39, 0.29) is 11.9 Å². The number of nitriles is 1. The van der Waals surface area contributed by atoms with Crippen LogP contribution in [0.1, 0.15) is 23.6 Å². The van der Waals surface area contributed by atoms with E-state index in [9.17, 15) is 4.79 Å². The third-order valence-electron chi connectivity index (χ3n) is 4.70. The van der Waals surface area contributed by atoms with Gasteiger partial charge in [0.05, 0.1) is 32.9 Å². The van der Waals surface area contributed by atoms with Crippen LogP contribution in [0.2, 0.25) is 0 Å². The van der Waals surface area contributed by atoms with Crippen LogP contribution < -0.4 is 19.7 Å². The summed E-state index contributed by atoms with van der Waals surface area (Å²) >= 11 is 0. The molecule has 0 bridgehead atoms. The molecule has 0 fully saturated rings. The second-order valence-corrected chi connectivity index (χ2v) is 6.56. The van der Waals surface area contributed by atoms with Gasteiger partial charge in [-0.25, -0.2) is 0 Å². The van der Waals surface area contributed by atoms with Crippen LogP contribution >= 0.6 is 0 Å². The van der Waals surface area contributed by atoms with Crippen molar-refractivity contribution >= 4 is 11.6 Å². The van der Waals surface area contributed by atoms with Crippen molar-refractivity contribution in [1.29, 1.82) is 5.26 Å². The number of ether oxygens (including phenoxy) is 2. The Bertz CT molecular complexity index is 858. The van der Waals surface area contributed by atoms with Crippen LogP contribution in [0.5, 0.6) is 11.5 Å². The number of aryl methyl sites for hydroxylation is 1. The van der Waals surface area contributed by atoms with Crippen LogP contribution in [0, 0.1) is 18.3 Å². The van der Waals surface area contributed by atoms with Crippen molar-refractivity contribution in [3.63, 3.8) is 0 Å². The summed E-state index contributed by atoms with van der Waals surface area (Å²) in [6.07, 6.45) is 0. The summed E-state index contributed by atoms with van der Waals surface area (Å²) in [7, 11) is 5.20. The lowest BCUT2D eigenvalue weighted by atomic mass is 10.1. The molecule has 0 aliphatic heterocycles. The molecule has 1 unspecified atom stereocenters. The molecule has 0 radical (unpaired) electrons. The van der Waals surface area contributed by atoms with Gasteiger partial charge in [-0.15, -0.1) is 0 Å². The summed E-state index contributed by atoms with van der Waals surface area (Å²) < 4.78 is 10.7. The predicted octanol–water partition coefficient (Wildman–Crippen LogP) is 1.93. The summed E-state index contributed by atoms with van der Waals surface area (Å²) in [5.41, 5.74) is 3.32. The number of anilines is 1. The number of hydrogen-bond acceptors (Lipinski definition) is 4. The first kappa shape index (κ1) is 20.3. The standard InChI is InChI=1S/C21H25N3O3/c1-14-9-19(26-4)20(27-5)11-17(14)13-24(3)15(2)21(25)23-18-8-6-7-16(10-18)12-22/h6-11,15H,13H2,1-5H3,(H,23,25)/p+1/t15-/m0/s1. The van der Waals surface area contributed by atoms with E-state index in [1.165, 1.54) is 0 Å².